The number of benzene rings is 3. The van der Waals surface area contributed by atoms with Crippen molar-refractivity contribution in [2.24, 2.45) is 0 Å². The molecular weight excluding hydrogens is 396 g/mol. The van der Waals surface area contributed by atoms with Crippen LogP contribution in [0.15, 0.2) is 66.2 Å². The topological polar surface area (TPSA) is 46.2 Å². The van der Waals surface area contributed by atoms with E-state index in [1.807, 2.05) is 30.3 Å². The van der Waals surface area contributed by atoms with Crippen LogP contribution in [0.5, 0.6) is 0 Å². The average molecular weight is 417 g/mol. The number of amides is 1. The zero-order valence-corrected chi connectivity index (χ0v) is 17.0. The second-order valence-corrected chi connectivity index (χ2v) is 7.75. The number of hydrogen-bond acceptors (Lipinski definition) is 2. The van der Waals surface area contributed by atoms with Crippen molar-refractivity contribution >= 4 is 17.8 Å². The molecule has 0 aromatic heterocycles. The number of carbonyl (C=O) groups is 2. The Kier molecular flexibility index (Phi) is 5.76. The Morgan fingerprint density at radius 2 is 1.77 bits per heavy atom. The molecule has 0 aliphatic heterocycles. The normalized spacial score (nSPS) is 12.3. The highest BCUT2D eigenvalue weighted by molar-refractivity contribution is 5.97. The number of fused-ring (bicyclic) bond motifs is 1. The number of rotatable bonds is 6. The highest BCUT2D eigenvalue weighted by atomic mass is 19.2. The van der Waals surface area contributed by atoms with Gasteiger partial charge >= 0.3 is 0 Å². The first-order chi connectivity index (χ1) is 14.9. The summed E-state index contributed by atoms with van der Waals surface area (Å²) in [7, 11) is 0. The molecule has 3 aromatic rings. The molecule has 0 fully saturated rings. The Bertz CT molecular complexity index is 1210. The van der Waals surface area contributed by atoms with Crippen molar-refractivity contribution in [1.82, 2.24) is 5.32 Å². The summed E-state index contributed by atoms with van der Waals surface area (Å²) in [6, 6.07) is 17.3. The lowest BCUT2D eigenvalue weighted by Gasteiger charge is -2.10. The zero-order chi connectivity index (χ0) is 22.0. The van der Waals surface area contributed by atoms with Gasteiger partial charge in [-0.3, -0.25) is 9.59 Å². The molecule has 1 aliphatic rings. The van der Waals surface area contributed by atoms with Crippen LogP contribution < -0.4 is 5.32 Å². The third-order valence-electron chi connectivity index (χ3n) is 5.31. The minimum absolute atomic E-state index is 0.000125. The van der Waals surface area contributed by atoms with E-state index in [-0.39, 0.29) is 18.2 Å². The number of hydrogen-bond donors (Lipinski definition) is 1. The molecule has 0 radical (unpaired) electrons. The van der Waals surface area contributed by atoms with E-state index in [1.54, 1.807) is 12.1 Å². The maximum atomic E-state index is 13.6. The molecule has 1 N–H and O–H groups in total. The highest BCUT2D eigenvalue weighted by Crippen LogP contribution is 2.35. The third kappa shape index (κ3) is 4.61. The predicted octanol–water partition coefficient (Wildman–Crippen LogP) is 5.13. The number of Topliss-reactive ketones (excluding diaryl/α,β-unsaturated/α-hetero) is 1. The van der Waals surface area contributed by atoms with Crippen LogP contribution in [0.25, 0.3) is 17.2 Å². The second kappa shape index (κ2) is 8.64. The summed E-state index contributed by atoms with van der Waals surface area (Å²) in [5.74, 6) is -2.08. The molecule has 0 atom stereocenters. The Labute approximate surface area is 179 Å². The van der Waals surface area contributed by atoms with Crippen molar-refractivity contribution < 1.29 is 18.4 Å². The monoisotopic (exact) mass is 417 g/mol. The smallest absolute Gasteiger partial charge is 0.251 e. The Hall–Kier alpha value is -3.60. The van der Waals surface area contributed by atoms with E-state index >= 15 is 0 Å². The van der Waals surface area contributed by atoms with Gasteiger partial charge in [0, 0.05) is 5.56 Å². The molecule has 0 saturated heterocycles. The minimum atomic E-state index is -0.845. The SMILES string of the molecule is CC(=O)CNC(=O)c1cccc(-c2cccc3c2C=C(Cc2ccc(F)c(F)c2)C3)c1. The van der Waals surface area contributed by atoms with Crippen molar-refractivity contribution in [3.05, 3.63) is 100 Å². The van der Waals surface area contributed by atoms with Crippen LogP contribution in [0, 0.1) is 11.6 Å². The summed E-state index contributed by atoms with van der Waals surface area (Å²) in [5, 5.41) is 2.61. The van der Waals surface area contributed by atoms with Gasteiger partial charge in [-0.1, -0.05) is 48.0 Å². The summed E-state index contributed by atoms with van der Waals surface area (Å²) in [5.41, 5.74) is 6.45. The summed E-state index contributed by atoms with van der Waals surface area (Å²) in [6.07, 6.45) is 3.37. The van der Waals surface area contributed by atoms with Crippen LogP contribution in [-0.4, -0.2) is 18.2 Å². The molecule has 3 nitrogen and oxygen atoms in total. The molecule has 31 heavy (non-hydrogen) atoms. The molecule has 5 heteroatoms. The maximum absolute atomic E-state index is 13.6. The number of carbonyl (C=O) groups excluding carboxylic acids is 2. The van der Waals surface area contributed by atoms with Crippen LogP contribution >= 0.6 is 0 Å². The molecular formula is C26H21F2NO2. The van der Waals surface area contributed by atoms with Gasteiger partial charge < -0.3 is 5.32 Å². The number of nitrogens with one attached hydrogen (secondary N) is 1. The molecule has 0 saturated carbocycles. The summed E-state index contributed by atoms with van der Waals surface area (Å²) in [4.78, 5) is 23.5. The molecule has 0 heterocycles. The third-order valence-corrected chi connectivity index (χ3v) is 5.31. The molecule has 3 aromatic carbocycles. The lowest BCUT2D eigenvalue weighted by atomic mass is 9.96. The van der Waals surface area contributed by atoms with Crippen molar-refractivity contribution in [1.29, 1.82) is 0 Å². The van der Waals surface area contributed by atoms with Gasteiger partial charge in [-0.2, -0.15) is 0 Å². The van der Waals surface area contributed by atoms with Crippen LogP contribution in [0.2, 0.25) is 0 Å². The van der Waals surface area contributed by atoms with Gasteiger partial charge in [-0.25, -0.2) is 8.78 Å². The van der Waals surface area contributed by atoms with Gasteiger partial charge in [-0.05, 0) is 71.8 Å². The molecule has 1 aliphatic carbocycles. The van der Waals surface area contributed by atoms with E-state index in [1.165, 1.54) is 13.0 Å². The number of ketones is 1. The van der Waals surface area contributed by atoms with Crippen LogP contribution in [0.1, 0.15) is 34.0 Å². The van der Waals surface area contributed by atoms with Gasteiger partial charge in [-0.15, -0.1) is 0 Å². The number of allylic oxidation sites excluding steroid dienone is 1. The van der Waals surface area contributed by atoms with Crippen molar-refractivity contribution in [3.63, 3.8) is 0 Å². The Morgan fingerprint density at radius 3 is 2.55 bits per heavy atom. The minimum Gasteiger partial charge on any atom is -0.345 e. The molecule has 156 valence electrons. The lowest BCUT2D eigenvalue weighted by molar-refractivity contribution is -0.116. The van der Waals surface area contributed by atoms with Gasteiger partial charge in [0.2, 0.25) is 0 Å². The van der Waals surface area contributed by atoms with Crippen molar-refractivity contribution in [3.8, 4) is 11.1 Å². The fourth-order valence-electron chi connectivity index (χ4n) is 3.85. The van der Waals surface area contributed by atoms with Gasteiger partial charge in [0.05, 0.1) is 6.54 Å². The van der Waals surface area contributed by atoms with Crippen molar-refractivity contribution in [2.45, 2.75) is 19.8 Å². The fraction of sp³-hybridized carbons (Fsp3) is 0.154. The average Bonchev–Trinajstić information content (AvgIpc) is 3.17. The number of halogens is 2. The van der Waals surface area contributed by atoms with E-state index in [4.69, 9.17) is 0 Å². The van der Waals surface area contributed by atoms with E-state index in [9.17, 15) is 18.4 Å². The first-order valence-electron chi connectivity index (χ1n) is 10.0. The summed E-state index contributed by atoms with van der Waals surface area (Å²) in [6.45, 7) is 1.42. The fourth-order valence-corrected chi connectivity index (χ4v) is 3.85. The van der Waals surface area contributed by atoms with E-state index < -0.39 is 11.6 Å². The molecule has 4 rings (SSSR count). The van der Waals surface area contributed by atoms with Crippen LogP contribution in [0.4, 0.5) is 8.78 Å². The molecule has 0 spiro atoms. The molecule has 1 amide bonds. The Balaban J connectivity index is 1.61. The standard InChI is InChI=1S/C26H21F2NO2/c1-16(30)15-29-26(31)21-6-2-4-20(14-21)22-7-3-5-19-11-18(12-23(19)22)10-17-8-9-24(27)25(28)13-17/h2-9,12-14H,10-11,15H2,1H3,(H,29,31). The Morgan fingerprint density at radius 1 is 0.968 bits per heavy atom. The van der Waals surface area contributed by atoms with Gasteiger partial charge in [0.15, 0.2) is 11.6 Å². The van der Waals surface area contributed by atoms with E-state index in [0.29, 0.717) is 12.0 Å². The van der Waals surface area contributed by atoms with Crippen molar-refractivity contribution in [2.75, 3.05) is 6.54 Å². The first-order valence-corrected chi connectivity index (χ1v) is 10.0. The largest absolute Gasteiger partial charge is 0.345 e. The zero-order valence-electron chi connectivity index (χ0n) is 17.0. The predicted molar refractivity (Wildman–Crippen MR) is 117 cm³/mol. The van der Waals surface area contributed by atoms with Gasteiger partial charge in [0.25, 0.3) is 5.91 Å². The molecule has 0 unspecified atom stereocenters. The lowest BCUT2D eigenvalue weighted by Crippen LogP contribution is -2.28. The second-order valence-electron chi connectivity index (χ2n) is 7.75. The van der Waals surface area contributed by atoms with Gasteiger partial charge in [0.1, 0.15) is 5.78 Å². The van der Waals surface area contributed by atoms with Crippen LogP contribution in [-0.2, 0) is 17.6 Å². The van der Waals surface area contributed by atoms with E-state index in [2.05, 4.69) is 17.5 Å². The quantitative estimate of drug-likeness (QED) is 0.604. The maximum Gasteiger partial charge on any atom is 0.251 e. The van der Waals surface area contributed by atoms with Crippen LogP contribution in [0.3, 0.4) is 0 Å². The summed E-state index contributed by atoms with van der Waals surface area (Å²) >= 11 is 0. The van der Waals surface area contributed by atoms with E-state index in [0.717, 1.165) is 45.9 Å². The highest BCUT2D eigenvalue weighted by Gasteiger charge is 2.18. The molecule has 0 bridgehead atoms. The first kappa shape index (κ1) is 20.7. The summed E-state index contributed by atoms with van der Waals surface area (Å²) < 4.78 is 26.8.